The van der Waals surface area contributed by atoms with Crippen molar-refractivity contribution in [1.82, 2.24) is 10.2 Å². The summed E-state index contributed by atoms with van der Waals surface area (Å²) < 4.78 is 6.17. The van der Waals surface area contributed by atoms with E-state index in [0.717, 1.165) is 25.6 Å². The van der Waals surface area contributed by atoms with E-state index in [9.17, 15) is 0 Å². The van der Waals surface area contributed by atoms with Crippen LogP contribution < -0.4 is 5.32 Å². The molecule has 1 N–H and O–H groups in total. The molecule has 1 heterocycles. The van der Waals surface area contributed by atoms with Crippen LogP contribution in [0.4, 0.5) is 0 Å². The number of ether oxygens (including phenoxy) is 1. The monoisotopic (exact) mass is 270 g/mol. The van der Waals surface area contributed by atoms with Crippen LogP contribution in [0, 0.1) is 5.92 Å². The second-order valence-corrected chi connectivity index (χ2v) is 7.33. The molecule has 1 aliphatic heterocycles. The van der Waals surface area contributed by atoms with Gasteiger partial charge in [0.05, 0.1) is 12.2 Å². The maximum Gasteiger partial charge on any atom is 0.0707 e. The first-order valence-corrected chi connectivity index (χ1v) is 7.93. The topological polar surface area (TPSA) is 24.5 Å². The van der Waals surface area contributed by atoms with Gasteiger partial charge in [-0.2, -0.15) is 0 Å². The van der Waals surface area contributed by atoms with Crippen molar-refractivity contribution in [2.75, 3.05) is 26.2 Å². The minimum Gasteiger partial charge on any atom is -0.372 e. The Balaban J connectivity index is 2.27. The third-order valence-electron chi connectivity index (χ3n) is 3.59. The van der Waals surface area contributed by atoms with Crippen molar-refractivity contribution >= 4 is 0 Å². The summed E-state index contributed by atoms with van der Waals surface area (Å²) in [6, 6.07) is 0. The zero-order chi connectivity index (χ0) is 14.5. The van der Waals surface area contributed by atoms with Crippen molar-refractivity contribution in [1.29, 1.82) is 0 Å². The fourth-order valence-corrected chi connectivity index (χ4v) is 2.62. The molecular formula is C16H34N2O. The molecule has 114 valence electrons. The molecule has 1 aliphatic rings. The lowest BCUT2D eigenvalue weighted by atomic mass is 10.1. The van der Waals surface area contributed by atoms with Crippen molar-refractivity contribution < 1.29 is 4.74 Å². The van der Waals surface area contributed by atoms with Gasteiger partial charge in [-0.25, -0.2) is 0 Å². The third kappa shape index (κ3) is 7.28. The van der Waals surface area contributed by atoms with E-state index in [1.807, 2.05) is 0 Å². The van der Waals surface area contributed by atoms with Crippen LogP contribution in [-0.4, -0.2) is 48.8 Å². The van der Waals surface area contributed by atoms with Crippen LogP contribution in [0.5, 0.6) is 0 Å². The highest BCUT2D eigenvalue weighted by Gasteiger charge is 2.27. The van der Waals surface area contributed by atoms with Crippen molar-refractivity contribution in [3.05, 3.63) is 0 Å². The van der Waals surface area contributed by atoms with E-state index in [2.05, 4.69) is 51.8 Å². The van der Waals surface area contributed by atoms with Crippen molar-refractivity contribution in [3.63, 3.8) is 0 Å². The van der Waals surface area contributed by atoms with Gasteiger partial charge in [0.2, 0.25) is 0 Å². The minimum absolute atomic E-state index is 0.189. The molecule has 1 saturated heterocycles. The molecule has 0 bridgehead atoms. The summed E-state index contributed by atoms with van der Waals surface area (Å²) in [5.41, 5.74) is 0.189. The average molecular weight is 270 g/mol. The molecule has 0 aromatic carbocycles. The van der Waals surface area contributed by atoms with Crippen LogP contribution in [0.15, 0.2) is 0 Å². The quantitative estimate of drug-likeness (QED) is 0.770. The van der Waals surface area contributed by atoms with Gasteiger partial charge in [-0.3, -0.25) is 0 Å². The molecule has 19 heavy (non-hydrogen) atoms. The Morgan fingerprint density at radius 2 is 1.84 bits per heavy atom. The Kier molecular flexibility index (Phi) is 6.78. The largest absolute Gasteiger partial charge is 0.372 e. The van der Waals surface area contributed by atoms with E-state index < -0.39 is 0 Å². The van der Waals surface area contributed by atoms with Crippen LogP contribution in [0.2, 0.25) is 0 Å². The molecule has 0 aromatic heterocycles. The summed E-state index contributed by atoms with van der Waals surface area (Å²) in [4.78, 5) is 2.52. The number of rotatable bonds is 7. The molecule has 0 saturated carbocycles. The SMILES string of the molecule is CCN(CC(C)C)CC1CCC(CNC(C)(C)C)O1. The fraction of sp³-hybridized carbons (Fsp3) is 1.00. The number of likely N-dealkylation sites (N-methyl/N-ethyl adjacent to an activating group) is 1. The van der Waals surface area contributed by atoms with Gasteiger partial charge in [0.15, 0.2) is 0 Å². The Bertz CT molecular complexity index is 248. The molecule has 2 unspecified atom stereocenters. The molecule has 0 radical (unpaired) electrons. The number of nitrogens with zero attached hydrogens (tertiary/aromatic N) is 1. The summed E-state index contributed by atoms with van der Waals surface area (Å²) in [7, 11) is 0. The average Bonchev–Trinajstić information content (AvgIpc) is 2.72. The summed E-state index contributed by atoms with van der Waals surface area (Å²) in [5, 5.41) is 3.55. The molecule has 1 rings (SSSR count). The second-order valence-electron chi connectivity index (χ2n) is 7.33. The van der Waals surface area contributed by atoms with Crippen molar-refractivity contribution in [3.8, 4) is 0 Å². The van der Waals surface area contributed by atoms with Crippen molar-refractivity contribution in [2.45, 2.75) is 72.1 Å². The smallest absolute Gasteiger partial charge is 0.0707 e. The van der Waals surface area contributed by atoms with E-state index >= 15 is 0 Å². The van der Waals surface area contributed by atoms with Gasteiger partial charge in [-0.15, -0.1) is 0 Å². The predicted octanol–water partition coefficient (Wildman–Crippen LogP) is 2.90. The van der Waals surface area contributed by atoms with E-state index in [0.29, 0.717) is 12.2 Å². The van der Waals surface area contributed by atoms with Crippen molar-refractivity contribution in [2.24, 2.45) is 5.92 Å². The lowest BCUT2D eigenvalue weighted by Crippen LogP contribution is -2.41. The zero-order valence-corrected chi connectivity index (χ0v) is 13.8. The van der Waals surface area contributed by atoms with Gasteiger partial charge < -0.3 is 15.0 Å². The first-order valence-electron chi connectivity index (χ1n) is 7.93. The highest BCUT2D eigenvalue weighted by molar-refractivity contribution is 4.81. The standard InChI is InChI=1S/C16H34N2O/c1-7-18(11-13(2)3)12-15-9-8-14(19-15)10-17-16(4,5)6/h13-15,17H,7-12H2,1-6H3. The van der Waals surface area contributed by atoms with Gasteiger partial charge in [-0.1, -0.05) is 20.8 Å². The maximum absolute atomic E-state index is 6.17. The lowest BCUT2D eigenvalue weighted by molar-refractivity contribution is 0.0199. The van der Waals surface area contributed by atoms with Crippen LogP contribution in [0.25, 0.3) is 0 Å². The molecule has 3 nitrogen and oxygen atoms in total. The van der Waals surface area contributed by atoms with Gasteiger partial charge in [-0.05, 0) is 46.1 Å². The van der Waals surface area contributed by atoms with Gasteiger partial charge >= 0.3 is 0 Å². The normalized spacial score (nSPS) is 24.6. The van der Waals surface area contributed by atoms with E-state index in [-0.39, 0.29) is 5.54 Å². The Morgan fingerprint density at radius 3 is 2.37 bits per heavy atom. The number of hydrogen-bond acceptors (Lipinski definition) is 3. The molecular weight excluding hydrogens is 236 g/mol. The van der Waals surface area contributed by atoms with E-state index in [4.69, 9.17) is 4.74 Å². The van der Waals surface area contributed by atoms with Gasteiger partial charge in [0.25, 0.3) is 0 Å². The maximum atomic E-state index is 6.17. The molecule has 2 atom stereocenters. The summed E-state index contributed by atoms with van der Waals surface area (Å²) in [5.74, 6) is 0.736. The molecule has 1 fully saturated rings. The second kappa shape index (κ2) is 7.61. The summed E-state index contributed by atoms with van der Waals surface area (Å²) >= 11 is 0. The van der Waals surface area contributed by atoms with Crippen LogP contribution in [0.1, 0.15) is 54.4 Å². The highest BCUT2D eigenvalue weighted by Crippen LogP contribution is 2.21. The predicted molar refractivity (Wildman–Crippen MR) is 82.6 cm³/mol. The van der Waals surface area contributed by atoms with Crippen LogP contribution >= 0.6 is 0 Å². The van der Waals surface area contributed by atoms with Gasteiger partial charge in [0, 0.05) is 25.2 Å². The van der Waals surface area contributed by atoms with Crippen LogP contribution in [-0.2, 0) is 4.74 Å². The first-order chi connectivity index (χ1) is 8.80. The van der Waals surface area contributed by atoms with Gasteiger partial charge in [0.1, 0.15) is 0 Å². The number of hydrogen-bond donors (Lipinski definition) is 1. The molecule has 0 aliphatic carbocycles. The van der Waals surface area contributed by atoms with Crippen LogP contribution in [0.3, 0.4) is 0 Å². The third-order valence-corrected chi connectivity index (χ3v) is 3.59. The van der Waals surface area contributed by atoms with E-state index in [1.54, 1.807) is 0 Å². The summed E-state index contributed by atoms with van der Waals surface area (Å²) in [6.07, 6.45) is 3.25. The Morgan fingerprint density at radius 1 is 1.21 bits per heavy atom. The fourth-order valence-electron chi connectivity index (χ4n) is 2.62. The minimum atomic E-state index is 0.189. The molecule has 3 heteroatoms. The summed E-state index contributed by atoms with van der Waals surface area (Å²) in [6.45, 7) is 17.8. The Hall–Kier alpha value is -0.120. The number of nitrogens with one attached hydrogen (secondary N) is 1. The molecule has 0 amide bonds. The molecule has 0 spiro atoms. The lowest BCUT2D eigenvalue weighted by Gasteiger charge is -2.26. The zero-order valence-electron chi connectivity index (χ0n) is 13.8. The van der Waals surface area contributed by atoms with E-state index in [1.165, 1.54) is 19.4 Å². The molecule has 0 aromatic rings. The Labute approximate surface area is 120 Å². The first kappa shape index (κ1) is 16.9. The highest BCUT2D eigenvalue weighted by atomic mass is 16.5.